The summed E-state index contributed by atoms with van der Waals surface area (Å²) >= 11 is 0. The lowest BCUT2D eigenvalue weighted by Gasteiger charge is -2.40. The number of benzene rings is 1. The first-order valence-corrected chi connectivity index (χ1v) is 9.11. The van der Waals surface area contributed by atoms with Gasteiger partial charge in [-0.05, 0) is 32.9 Å². The van der Waals surface area contributed by atoms with Crippen LogP contribution >= 0.6 is 0 Å². The van der Waals surface area contributed by atoms with E-state index in [-0.39, 0.29) is 17.8 Å². The van der Waals surface area contributed by atoms with Gasteiger partial charge in [-0.25, -0.2) is 18.0 Å². The normalized spacial score (nSPS) is 23.4. The van der Waals surface area contributed by atoms with Gasteiger partial charge in [0.15, 0.2) is 12.1 Å². The molecule has 0 radical (unpaired) electrons. The molecule has 9 heteroatoms. The number of halogens is 3. The smallest absolute Gasteiger partial charge is 0.341 e. The number of carbonyl (C=O) groups is 1. The number of hydrogen-bond donors (Lipinski definition) is 1. The van der Waals surface area contributed by atoms with E-state index in [4.69, 9.17) is 0 Å². The fourth-order valence-corrected chi connectivity index (χ4v) is 4.45. The van der Waals surface area contributed by atoms with Crippen molar-refractivity contribution in [3.05, 3.63) is 39.7 Å². The van der Waals surface area contributed by atoms with Crippen LogP contribution in [0.1, 0.15) is 36.4 Å². The molecule has 2 fully saturated rings. The van der Waals surface area contributed by atoms with E-state index in [1.165, 1.54) is 0 Å². The van der Waals surface area contributed by atoms with E-state index in [9.17, 15) is 23.5 Å². The van der Waals surface area contributed by atoms with Crippen molar-refractivity contribution in [2.45, 2.75) is 38.1 Å². The quantitative estimate of drug-likeness (QED) is 0.866. The molecule has 0 aliphatic carbocycles. The SMILES string of the molecule is CC(F)n1cc(C(=O)O)c(=O)c2cc(F)c(N3CC4CCC(C3)N4C)c(F)c21. The van der Waals surface area contributed by atoms with Gasteiger partial charge >= 0.3 is 5.97 Å². The van der Waals surface area contributed by atoms with Gasteiger partial charge in [0, 0.05) is 31.4 Å². The zero-order valence-electron chi connectivity index (χ0n) is 15.5. The van der Waals surface area contributed by atoms with Gasteiger partial charge in [0.2, 0.25) is 5.43 Å². The Morgan fingerprint density at radius 2 is 1.86 bits per heavy atom. The molecule has 2 aromatic rings. The summed E-state index contributed by atoms with van der Waals surface area (Å²) in [4.78, 5) is 27.5. The lowest BCUT2D eigenvalue weighted by atomic mass is 10.1. The third kappa shape index (κ3) is 2.68. The van der Waals surface area contributed by atoms with Crippen molar-refractivity contribution in [1.82, 2.24) is 9.47 Å². The van der Waals surface area contributed by atoms with E-state index in [1.54, 1.807) is 4.90 Å². The molecule has 6 nitrogen and oxygen atoms in total. The summed E-state index contributed by atoms with van der Waals surface area (Å²) < 4.78 is 45.3. The summed E-state index contributed by atoms with van der Waals surface area (Å²) in [5.41, 5.74) is -2.49. The van der Waals surface area contributed by atoms with Gasteiger partial charge in [-0.3, -0.25) is 9.69 Å². The van der Waals surface area contributed by atoms with Crippen LogP contribution in [-0.2, 0) is 0 Å². The molecule has 1 aromatic carbocycles. The molecule has 1 aromatic heterocycles. The van der Waals surface area contributed by atoms with Gasteiger partial charge in [-0.1, -0.05) is 0 Å². The molecule has 2 aliphatic heterocycles. The number of hydrogen-bond acceptors (Lipinski definition) is 4. The summed E-state index contributed by atoms with van der Waals surface area (Å²) in [7, 11) is 1.99. The van der Waals surface area contributed by atoms with E-state index >= 15 is 4.39 Å². The topological polar surface area (TPSA) is 65.8 Å². The molecule has 1 N–H and O–H groups in total. The van der Waals surface area contributed by atoms with Crippen LogP contribution in [0.25, 0.3) is 10.9 Å². The van der Waals surface area contributed by atoms with Crippen LogP contribution in [-0.4, -0.2) is 52.8 Å². The van der Waals surface area contributed by atoms with Crippen molar-refractivity contribution in [2.24, 2.45) is 0 Å². The maximum Gasteiger partial charge on any atom is 0.341 e. The number of alkyl halides is 1. The average Bonchev–Trinajstić information content (AvgIpc) is 2.83. The molecule has 2 aliphatic rings. The zero-order chi connectivity index (χ0) is 20.3. The number of likely N-dealkylation sites (N-methyl/N-ethyl adjacent to an activating group) is 1. The summed E-state index contributed by atoms with van der Waals surface area (Å²) in [6.45, 7) is 1.94. The minimum Gasteiger partial charge on any atom is -0.477 e. The molecule has 2 saturated heterocycles. The molecule has 0 spiro atoms. The zero-order valence-corrected chi connectivity index (χ0v) is 15.5. The highest BCUT2D eigenvalue weighted by Crippen LogP contribution is 2.36. The number of aromatic nitrogens is 1. The highest BCUT2D eigenvalue weighted by molar-refractivity contribution is 5.94. The van der Waals surface area contributed by atoms with Gasteiger partial charge in [-0.15, -0.1) is 0 Å². The van der Waals surface area contributed by atoms with Gasteiger partial charge in [-0.2, -0.15) is 0 Å². The van der Waals surface area contributed by atoms with E-state index in [0.717, 1.165) is 36.6 Å². The van der Waals surface area contributed by atoms with Crippen LogP contribution < -0.4 is 10.3 Å². The first-order chi connectivity index (χ1) is 13.2. The van der Waals surface area contributed by atoms with Crippen LogP contribution in [0.2, 0.25) is 0 Å². The van der Waals surface area contributed by atoms with Gasteiger partial charge in [0.1, 0.15) is 17.1 Å². The van der Waals surface area contributed by atoms with Gasteiger partial charge in [0.05, 0.1) is 10.9 Å². The first kappa shape index (κ1) is 18.8. The molecule has 28 heavy (non-hydrogen) atoms. The van der Waals surface area contributed by atoms with Gasteiger partial charge < -0.3 is 14.6 Å². The second kappa shape index (κ2) is 6.51. The number of carboxylic acids is 1. The first-order valence-electron chi connectivity index (χ1n) is 9.11. The fraction of sp³-hybridized carbons (Fsp3) is 0.474. The predicted molar refractivity (Wildman–Crippen MR) is 97.7 cm³/mol. The number of carboxylic acid groups (broad SMARTS) is 1. The van der Waals surface area contributed by atoms with Crippen LogP contribution in [0.4, 0.5) is 18.9 Å². The molecule has 3 unspecified atom stereocenters. The molecule has 2 bridgehead atoms. The lowest BCUT2D eigenvalue weighted by Crippen LogP contribution is -2.52. The van der Waals surface area contributed by atoms with Crippen LogP contribution in [0.3, 0.4) is 0 Å². The molecular weight excluding hydrogens is 375 g/mol. The Balaban J connectivity index is 1.95. The van der Waals surface area contributed by atoms with Crippen molar-refractivity contribution in [2.75, 3.05) is 25.0 Å². The van der Waals surface area contributed by atoms with Crippen LogP contribution in [0, 0.1) is 11.6 Å². The van der Waals surface area contributed by atoms with E-state index in [0.29, 0.717) is 13.1 Å². The molecule has 3 atom stereocenters. The van der Waals surface area contributed by atoms with Gasteiger partial charge in [0.25, 0.3) is 0 Å². The number of rotatable bonds is 3. The largest absolute Gasteiger partial charge is 0.477 e. The number of aromatic carboxylic acids is 1. The standard InChI is InChI=1S/C19H20F3N3O3/c1-9(20)25-8-13(19(27)28)18(26)12-5-14(21)17(15(22)16(12)25)24-6-10-3-4-11(7-24)23(10)2/h5,8-11H,3-4,6-7H2,1-2H3,(H,27,28). The van der Waals surface area contributed by atoms with Crippen molar-refractivity contribution < 1.29 is 23.1 Å². The monoisotopic (exact) mass is 395 g/mol. The Bertz CT molecular complexity index is 1020. The summed E-state index contributed by atoms with van der Waals surface area (Å²) in [6.07, 6.45) is 0.833. The van der Waals surface area contributed by atoms with Crippen molar-refractivity contribution in [1.29, 1.82) is 0 Å². The molecule has 0 amide bonds. The Hall–Kier alpha value is -2.55. The lowest BCUT2D eigenvalue weighted by molar-refractivity contribution is 0.0694. The van der Waals surface area contributed by atoms with Crippen molar-refractivity contribution in [3.8, 4) is 0 Å². The highest BCUT2D eigenvalue weighted by Gasteiger charge is 2.39. The van der Waals surface area contributed by atoms with E-state index in [2.05, 4.69) is 4.90 Å². The minimum absolute atomic E-state index is 0.171. The molecular formula is C19H20F3N3O3. The average molecular weight is 395 g/mol. The summed E-state index contributed by atoms with van der Waals surface area (Å²) in [5.74, 6) is -3.58. The number of anilines is 1. The second-order valence-corrected chi connectivity index (χ2v) is 7.53. The van der Waals surface area contributed by atoms with Crippen molar-refractivity contribution >= 4 is 22.6 Å². The summed E-state index contributed by atoms with van der Waals surface area (Å²) in [5, 5.41) is 8.70. The molecule has 150 valence electrons. The van der Waals surface area contributed by atoms with Crippen molar-refractivity contribution in [3.63, 3.8) is 0 Å². The maximum absolute atomic E-state index is 15.5. The summed E-state index contributed by atoms with van der Waals surface area (Å²) in [6, 6.07) is 1.16. The van der Waals surface area contributed by atoms with E-state index < -0.39 is 45.8 Å². The Morgan fingerprint density at radius 1 is 1.25 bits per heavy atom. The Morgan fingerprint density at radius 3 is 2.39 bits per heavy atom. The molecule has 3 heterocycles. The third-order valence-electron chi connectivity index (χ3n) is 5.96. The number of nitrogens with zero attached hydrogens (tertiary/aromatic N) is 3. The van der Waals surface area contributed by atoms with Crippen LogP contribution in [0.5, 0.6) is 0 Å². The number of fused-ring (bicyclic) bond motifs is 3. The second-order valence-electron chi connectivity index (χ2n) is 7.53. The minimum atomic E-state index is -1.81. The predicted octanol–water partition coefficient (Wildman–Crippen LogP) is 2.75. The fourth-order valence-electron chi connectivity index (χ4n) is 4.45. The molecule has 4 rings (SSSR count). The molecule has 0 saturated carbocycles. The highest BCUT2D eigenvalue weighted by atomic mass is 19.1. The van der Waals surface area contributed by atoms with E-state index in [1.807, 2.05) is 7.05 Å². The third-order valence-corrected chi connectivity index (χ3v) is 5.96. The van der Waals surface area contributed by atoms with Crippen LogP contribution in [0.15, 0.2) is 17.1 Å². The number of piperazine rings is 1. The number of pyridine rings is 1. The Kier molecular flexibility index (Phi) is 4.37. The Labute approximate surface area is 158 Å². The maximum atomic E-state index is 15.5.